The first kappa shape index (κ1) is 13.0. The number of aryl methyl sites for hydroxylation is 2. The van der Waals surface area contributed by atoms with Crippen LogP contribution in [0.2, 0.25) is 0 Å². The van der Waals surface area contributed by atoms with Gasteiger partial charge in [0.2, 0.25) is 0 Å². The summed E-state index contributed by atoms with van der Waals surface area (Å²) in [5.74, 6) is 0.0744. The lowest BCUT2D eigenvalue weighted by Crippen LogP contribution is -2.24. The quantitative estimate of drug-likeness (QED) is 0.852. The molecular formula is C13H16N2O2S. The van der Waals surface area contributed by atoms with Gasteiger partial charge in [-0.2, -0.15) is 0 Å². The number of fused-ring (bicyclic) bond motifs is 1. The molecule has 2 heterocycles. The molecule has 0 spiro atoms. The van der Waals surface area contributed by atoms with Gasteiger partial charge in [0.25, 0.3) is 5.56 Å². The molecule has 0 amide bonds. The second kappa shape index (κ2) is 5.02. The molecule has 4 nitrogen and oxygen atoms in total. The van der Waals surface area contributed by atoms with Gasteiger partial charge < -0.3 is 0 Å². The van der Waals surface area contributed by atoms with Crippen LogP contribution in [-0.2, 0) is 11.3 Å². The Morgan fingerprint density at radius 2 is 2.17 bits per heavy atom. The molecule has 0 aliphatic rings. The van der Waals surface area contributed by atoms with Gasteiger partial charge >= 0.3 is 0 Å². The number of carbonyl (C=O) groups excluding carboxylic acids is 1. The molecule has 0 atom stereocenters. The molecule has 0 bridgehead atoms. The van der Waals surface area contributed by atoms with Crippen LogP contribution in [0.5, 0.6) is 0 Å². The number of rotatable bonds is 4. The molecule has 0 fully saturated rings. The van der Waals surface area contributed by atoms with Gasteiger partial charge in [0.05, 0.1) is 18.3 Å². The van der Waals surface area contributed by atoms with E-state index < -0.39 is 0 Å². The lowest BCUT2D eigenvalue weighted by molar-refractivity contribution is -0.119. The molecule has 0 aliphatic carbocycles. The number of carbonyl (C=O) groups is 1. The normalized spacial score (nSPS) is 11.1. The van der Waals surface area contributed by atoms with Crippen LogP contribution >= 0.6 is 11.3 Å². The van der Waals surface area contributed by atoms with Crippen LogP contribution in [0.25, 0.3) is 10.2 Å². The van der Waals surface area contributed by atoms with E-state index >= 15 is 0 Å². The fraction of sp³-hybridized carbons (Fsp3) is 0.462. The maximum Gasteiger partial charge on any atom is 0.262 e. The predicted molar refractivity (Wildman–Crippen MR) is 73.3 cm³/mol. The SMILES string of the molecule is CCCC(=O)Cn1cnc2sc(C)c(C)c2c1=O. The van der Waals surface area contributed by atoms with Gasteiger partial charge in [-0.15, -0.1) is 11.3 Å². The van der Waals surface area contributed by atoms with E-state index in [0.717, 1.165) is 21.7 Å². The van der Waals surface area contributed by atoms with Gasteiger partial charge in [0, 0.05) is 11.3 Å². The summed E-state index contributed by atoms with van der Waals surface area (Å²) in [6.45, 7) is 5.99. The molecule has 2 rings (SSSR count). The average molecular weight is 264 g/mol. The first-order valence-electron chi connectivity index (χ1n) is 6.01. The Balaban J connectivity index is 2.48. The zero-order valence-electron chi connectivity index (χ0n) is 10.8. The van der Waals surface area contributed by atoms with Crippen molar-refractivity contribution in [1.29, 1.82) is 0 Å². The van der Waals surface area contributed by atoms with E-state index in [1.165, 1.54) is 22.2 Å². The van der Waals surface area contributed by atoms with E-state index in [2.05, 4.69) is 4.98 Å². The predicted octanol–water partition coefficient (Wildman–Crippen LogP) is 2.44. The number of Topliss-reactive ketones (excluding diaryl/α,β-unsaturated/α-hetero) is 1. The monoisotopic (exact) mass is 264 g/mol. The minimum atomic E-state index is -0.105. The highest BCUT2D eigenvalue weighted by atomic mass is 32.1. The number of hydrogen-bond donors (Lipinski definition) is 0. The minimum Gasteiger partial charge on any atom is -0.298 e. The molecule has 0 saturated carbocycles. The van der Waals surface area contributed by atoms with Crippen molar-refractivity contribution in [2.75, 3.05) is 0 Å². The van der Waals surface area contributed by atoms with Crippen molar-refractivity contribution in [1.82, 2.24) is 9.55 Å². The summed E-state index contributed by atoms with van der Waals surface area (Å²) < 4.78 is 1.42. The Labute approximate surface area is 109 Å². The standard InChI is InChI=1S/C13H16N2O2S/c1-4-5-10(16)6-15-7-14-12-11(13(15)17)8(2)9(3)18-12/h7H,4-6H2,1-3H3. The van der Waals surface area contributed by atoms with Crippen LogP contribution in [0, 0.1) is 13.8 Å². The van der Waals surface area contributed by atoms with E-state index in [1.54, 1.807) is 0 Å². The third-order valence-electron chi connectivity index (χ3n) is 3.03. The second-order valence-electron chi connectivity index (χ2n) is 4.43. The van der Waals surface area contributed by atoms with Gasteiger partial charge in [-0.05, 0) is 25.8 Å². The first-order valence-corrected chi connectivity index (χ1v) is 6.83. The zero-order chi connectivity index (χ0) is 13.3. The largest absolute Gasteiger partial charge is 0.298 e. The lowest BCUT2D eigenvalue weighted by Gasteiger charge is -2.03. The van der Waals surface area contributed by atoms with Crippen molar-refractivity contribution in [2.24, 2.45) is 0 Å². The fourth-order valence-electron chi connectivity index (χ4n) is 1.93. The molecule has 2 aromatic rings. The number of ketones is 1. The summed E-state index contributed by atoms with van der Waals surface area (Å²) in [5, 5.41) is 0.657. The van der Waals surface area contributed by atoms with Crippen LogP contribution < -0.4 is 5.56 Å². The van der Waals surface area contributed by atoms with E-state index in [4.69, 9.17) is 0 Å². The number of nitrogens with zero attached hydrogens (tertiary/aromatic N) is 2. The van der Waals surface area contributed by atoms with Crippen LogP contribution in [0.1, 0.15) is 30.2 Å². The Hall–Kier alpha value is -1.49. The molecule has 0 aromatic carbocycles. The molecule has 18 heavy (non-hydrogen) atoms. The van der Waals surface area contributed by atoms with Crippen LogP contribution in [0.4, 0.5) is 0 Å². The number of aromatic nitrogens is 2. The van der Waals surface area contributed by atoms with Crippen molar-refractivity contribution >= 4 is 27.3 Å². The van der Waals surface area contributed by atoms with Gasteiger partial charge in [-0.3, -0.25) is 14.2 Å². The summed E-state index contributed by atoms with van der Waals surface area (Å²) in [5.41, 5.74) is 0.871. The van der Waals surface area contributed by atoms with Crippen molar-refractivity contribution in [2.45, 2.75) is 40.2 Å². The summed E-state index contributed by atoms with van der Waals surface area (Å²) in [6, 6.07) is 0. The maximum atomic E-state index is 12.3. The van der Waals surface area contributed by atoms with Crippen LogP contribution in [0.3, 0.4) is 0 Å². The average Bonchev–Trinajstić information content (AvgIpc) is 2.60. The van der Waals surface area contributed by atoms with Crippen molar-refractivity contribution in [3.63, 3.8) is 0 Å². The Morgan fingerprint density at radius 1 is 1.44 bits per heavy atom. The highest BCUT2D eigenvalue weighted by Crippen LogP contribution is 2.25. The molecule has 96 valence electrons. The summed E-state index contributed by atoms with van der Waals surface area (Å²) in [4.78, 5) is 30.0. The number of thiophene rings is 1. The molecule has 5 heteroatoms. The van der Waals surface area contributed by atoms with Gasteiger partial charge in [0.15, 0.2) is 5.78 Å². The third-order valence-corrected chi connectivity index (χ3v) is 4.15. The molecule has 0 aliphatic heterocycles. The van der Waals surface area contributed by atoms with Crippen molar-refractivity contribution in [3.05, 3.63) is 27.1 Å². The van der Waals surface area contributed by atoms with Gasteiger partial charge in [0.1, 0.15) is 4.83 Å². The van der Waals surface area contributed by atoms with E-state index in [1.807, 2.05) is 20.8 Å². The minimum absolute atomic E-state index is 0.0744. The zero-order valence-corrected chi connectivity index (χ0v) is 11.6. The molecular weight excluding hydrogens is 248 g/mol. The smallest absolute Gasteiger partial charge is 0.262 e. The lowest BCUT2D eigenvalue weighted by atomic mass is 10.2. The van der Waals surface area contributed by atoms with Crippen LogP contribution in [0.15, 0.2) is 11.1 Å². The third kappa shape index (κ3) is 2.22. The van der Waals surface area contributed by atoms with E-state index in [9.17, 15) is 9.59 Å². The molecule has 0 unspecified atom stereocenters. The van der Waals surface area contributed by atoms with Crippen LogP contribution in [-0.4, -0.2) is 15.3 Å². The van der Waals surface area contributed by atoms with E-state index in [-0.39, 0.29) is 17.9 Å². The summed E-state index contributed by atoms with van der Waals surface area (Å²) >= 11 is 1.52. The maximum absolute atomic E-state index is 12.3. The Kier molecular flexibility index (Phi) is 3.61. The fourth-order valence-corrected chi connectivity index (χ4v) is 2.92. The second-order valence-corrected chi connectivity index (χ2v) is 5.63. The van der Waals surface area contributed by atoms with Gasteiger partial charge in [-0.25, -0.2) is 4.98 Å². The van der Waals surface area contributed by atoms with E-state index in [0.29, 0.717) is 11.8 Å². The van der Waals surface area contributed by atoms with Gasteiger partial charge in [-0.1, -0.05) is 6.92 Å². The first-order chi connectivity index (χ1) is 8.54. The summed E-state index contributed by atoms with van der Waals surface area (Å²) in [6.07, 6.45) is 2.79. The Morgan fingerprint density at radius 3 is 2.83 bits per heavy atom. The molecule has 0 radical (unpaired) electrons. The number of hydrogen-bond acceptors (Lipinski definition) is 4. The highest BCUT2D eigenvalue weighted by Gasteiger charge is 2.13. The molecule has 2 aromatic heterocycles. The summed E-state index contributed by atoms with van der Waals surface area (Å²) in [7, 11) is 0. The molecule has 0 saturated heterocycles. The molecule has 0 N–H and O–H groups in total. The Bertz CT molecular complexity index is 655. The topological polar surface area (TPSA) is 52.0 Å². The van der Waals surface area contributed by atoms with Crippen molar-refractivity contribution in [3.8, 4) is 0 Å². The van der Waals surface area contributed by atoms with Crippen molar-refractivity contribution < 1.29 is 4.79 Å². The highest BCUT2D eigenvalue weighted by molar-refractivity contribution is 7.18.